The predicted octanol–water partition coefficient (Wildman–Crippen LogP) is 5.52. The average molecular weight is 645 g/mol. The van der Waals surface area contributed by atoms with Crippen molar-refractivity contribution < 1.29 is 19.1 Å². The number of pyridine rings is 1. The van der Waals surface area contributed by atoms with E-state index in [1.807, 2.05) is 62.9 Å². The molecule has 10 heteroatoms. The first kappa shape index (κ1) is 31.5. The van der Waals surface area contributed by atoms with Gasteiger partial charge in [-0.05, 0) is 92.7 Å². The van der Waals surface area contributed by atoms with Gasteiger partial charge in [0.25, 0.3) is 11.8 Å². The number of nitrogens with zero attached hydrogens (tertiary/aromatic N) is 6. The molecule has 10 nitrogen and oxygen atoms in total. The van der Waals surface area contributed by atoms with E-state index in [9.17, 15) is 9.59 Å². The van der Waals surface area contributed by atoms with Gasteiger partial charge in [-0.2, -0.15) is 5.26 Å². The van der Waals surface area contributed by atoms with Gasteiger partial charge in [0.05, 0.1) is 42.5 Å². The van der Waals surface area contributed by atoms with Gasteiger partial charge in [0.15, 0.2) is 17.2 Å². The lowest BCUT2D eigenvalue weighted by Gasteiger charge is -2.34. The standard InChI is InChI=1S/C38H40N6O4/c1-47-33-25-31-29(14-15-30-8-7-18-43(30)37(31)45)24-34(33)48-23-6-2-4-16-41-19-21-42(22-20-41)38(46)35-32-9-3-5-17-44(32)36(40-35)28-12-10-27(26-39)11-13-28/h3,5,9-15,17,24-25,30H,2,4,6-8,16,18-23H2,1H3/t30-/m0/s1. The zero-order valence-corrected chi connectivity index (χ0v) is 27.3. The Morgan fingerprint density at radius 1 is 1.00 bits per heavy atom. The Balaban J connectivity index is 0.884. The molecule has 246 valence electrons. The van der Waals surface area contributed by atoms with Crippen LogP contribution in [0.2, 0.25) is 0 Å². The van der Waals surface area contributed by atoms with Crippen LogP contribution in [0.4, 0.5) is 0 Å². The van der Waals surface area contributed by atoms with E-state index in [2.05, 4.69) is 23.1 Å². The molecule has 2 amide bonds. The van der Waals surface area contributed by atoms with Gasteiger partial charge < -0.3 is 19.3 Å². The summed E-state index contributed by atoms with van der Waals surface area (Å²) in [5.41, 5.74) is 4.23. The maximum absolute atomic E-state index is 13.7. The van der Waals surface area contributed by atoms with Crippen molar-refractivity contribution in [2.45, 2.75) is 38.1 Å². The van der Waals surface area contributed by atoms with Gasteiger partial charge in [-0.15, -0.1) is 0 Å². The molecule has 1 atom stereocenters. The van der Waals surface area contributed by atoms with Crippen molar-refractivity contribution >= 4 is 23.4 Å². The first-order valence-electron chi connectivity index (χ1n) is 16.9. The highest BCUT2D eigenvalue weighted by atomic mass is 16.5. The molecule has 0 spiro atoms. The van der Waals surface area contributed by atoms with E-state index < -0.39 is 0 Å². The van der Waals surface area contributed by atoms with Gasteiger partial charge in [-0.1, -0.05) is 18.2 Å². The minimum atomic E-state index is -0.0520. The van der Waals surface area contributed by atoms with Crippen molar-refractivity contribution in [3.05, 3.63) is 89.3 Å². The number of nitriles is 1. The molecule has 0 N–H and O–H groups in total. The fourth-order valence-corrected chi connectivity index (χ4v) is 7.00. The minimum Gasteiger partial charge on any atom is -0.493 e. The summed E-state index contributed by atoms with van der Waals surface area (Å²) < 4.78 is 13.7. The fraction of sp³-hybridized carbons (Fsp3) is 0.368. The number of hydrogen-bond acceptors (Lipinski definition) is 7. The van der Waals surface area contributed by atoms with Gasteiger partial charge >= 0.3 is 0 Å². The number of carbonyl (C=O) groups is 2. The normalized spacial score (nSPS) is 17.6. The molecule has 0 aliphatic carbocycles. The second-order valence-electron chi connectivity index (χ2n) is 12.6. The van der Waals surface area contributed by atoms with E-state index in [1.165, 1.54) is 0 Å². The van der Waals surface area contributed by atoms with Crippen LogP contribution in [-0.4, -0.2) is 94.9 Å². The van der Waals surface area contributed by atoms with Gasteiger partial charge in [0, 0.05) is 44.5 Å². The van der Waals surface area contributed by atoms with E-state index in [0.29, 0.717) is 53.8 Å². The van der Waals surface area contributed by atoms with Crippen LogP contribution in [0.25, 0.3) is 23.0 Å². The molecule has 2 aromatic carbocycles. The number of unbranched alkanes of at least 4 members (excludes halogenated alkanes) is 2. The molecule has 4 aromatic rings. The van der Waals surface area contributed by atoms with E-state index in [0.717, 1.165) is 74.9 Å². The summed E-state index contributed by atoms with van der Waals surface area (Å²) in [6.45, 7) is 5.33. The van der Waals surface area contributed by atoms with Crippen molar-refractivity contribution in [2.24, 2.45) is 0 Å². The average Bonchev–Trinajstić information content (AvgIpc) is 3.74. The summed E-state index contributed by atoms with van der Waals surface area (Å²) in [5, 5.41) is 9.17. The van der Waals surface area contributed by atoms with Crippen LogP contribution < -0.4 is 9.47 Å². The number of aromatic nitrogens is 2. The number of imidazole rings is 1. The van der Waals surface area contributed by atoms with Crippen molar-refractivity contribution in [3.63, 3.8) is 0 Å². The largest absolute Gasteiger partial charge is 0.493 e. The molecule has 5 heterocycles. The number of hydrogen-bond donors (Lipinski definition) is 0. The van der Waals surface area contributed by atoms with Crippen molar-refractivity contribution in [3.8, 4) is 29.0 Å². The number of ether oxygens (including phenoxy) is 2. The fourth-order valence-electron chi connectivity index (χ4n) is 7.00. The number of piperazine rings is 1. The monoisotopic (exact) mass is 644 g/mol. The lowest BCUT2D eigenvalue weighted by molar-refractivity contribution is 0.0631. The highest BCUT2D eigenvalue weighted by molar-refractivity contribution is 6.01. The zero-order valence-electron chi connectivity index (χ0n) is 27.3. The number of methoxy groups -OCH3 is 1. The summed E-state index contributed by atoms with van der Waals surface area (Å²) in [6.07, 6.45) is 11.1. The van der Waals surface area contributed by atoms with E-state index in [-0.39, 0.29) is 17.9 Å². The lowest BCUT2D eigenvalue weighted by Crippen LogP contribution is -2.49. The number of amides is 2. The highest BCUT2D eigenvalue weighted by Gasteiger charge is 2.32. The molecule has 2 saturated heterocycles. The molecule has 0 bridgehead atoms. The number of benzene rings is 2. The topological polar surface area (TPSA) is 103 Å². The molecule has 0 radical (unpaired) electrons. The van der Waals surface area contributed by atoms with Crippen molar-refractivity contribution in [1.82, 2.24) is 24.1 Å². The summed E-state index contributed by atoms with van der Waals surface area (Å²) >= 11 is 0. The molecule has 0 unspecified atom stereocenters. The maximum atomic E-state index is 13.7. The lowest BCUT2D eigenvalue weighted by atomic mass is 10.1. The Labute approximate surface area is 280 Å². The molecule has 3 aliphatic heterocycles. The number of fused-ring (bicyclic) bond motifs is 3. The van der Waals surface area contributed by atoms with Crippen LogP contribution in [0, 0.1) is 11.3 Å². The first-order valence-corrected chi connectivity index (χ1v) is 16.9. The minimum absolute atomic E-state index is 0.0520. The van der Waals surface area contributed by atoms with Crippen molar-refractivity contribution in [2.75, 3.05) is 53.0 Å². The van der Waals surface area contributed by atoms with E-state index in [4.69, 9.17) is 19.7 Å². The van der Waals surface area contributed by atoms with Crippen molar-refractivity contribution in [1.29, 1.82) is 5.26 Å². The van der Waals surface area contributed by atoms with Crippen LogP contribution in [-0.2, 0) is 0 Å². The molecule has 7 rings (SSSR count). The van der Waals surface area contributed by atoms with E-state index in [1.54, 1.807) is 19.2 Å². The predicted molar refractivity (Wildman–Crippen MR) is 183 cm³/mol. The highest BCUT2D eigenvalue weighted by Crippen LogP contribution is 2.35. The molecule has 48 heavy (non-hydrogen) atoms. The van der Waals surface area contributed by atoms with Gasteiger partial charge in [-0.25, -0.2) is 4.98 Å². The quantitative estimate of drug-likeness (QED) is 0.210. The van der Waals surface area contributed by atoms with Crippen LogP contribution in [0.1, 0.15) is 64.1 Å². The molecule has 3 aliphatic rings. The zero-order chi connectivity index (χ0) is 33.0. The van der Waals surface area contributed by atoms with Crippen LogP contribution in [0.15, 0.2) is 66.9 Å². The first-order chi connectivity index (χ1) is 23.5. The number of carbonyl (C=O) groups excluding carboxylic acids is 2. The number of rotatable bonds is 10. The second-order valence-corrected chi connectivity index (χ2v) is 12.6. The van der Waals surface area contributed by atoms with Crippen LogP contribution >= 0.6 is 0 Å². The third kappa shape index (κ3) is 6.26. The second kappa shape index (κ2) is 13.9. The molecule has 0 saturated carbocycles. The Kier molecular flexibility index (Phi) is 9.12. The summed E-state index contributed by atoms with van der Waals surface area (Å²) in [7, 11) is 1.61. The third-order valence-corrected chi connectivity index (χ3v) is 9.68. The Morgan fingerprint density at radius 2 is 1.83 bits per heavy atom. The molecular formula is C38H40N6O4. The maximum Gasteiger partial charge on any atom is 0.274 e. The smallest absolute Gasteiger partial charge is 0.274 e. The van der Waals surface area contributed by atoms with Gasteiger partial charge in [0.1, 0.15) is 5.82 Å². The third-order valence-electron chi connectivity index (χ3n) is 9.68. The Morgan fingerprint density at radius 3 is 2.62 bits per heavy atom. The van der Waals surface area contributed by atoms with Crippen LogP contribution in [0.5, 0.6) is 11.5 Å². The SMILES string of the molecule is COc1cc2c(cc1OCCCCCN1CCN(C(=O)c3nc(-c4ccc(C#N)cc4)n4ccccc34)CC1)C=C[C@@H]1CCCN1C2=O. The summed E-state index contributed by atoms with van der Waals surface area (Å²) in [5.74, 6) is 1.97. The van der Waals surface area contributed by atoms with Gasteiger partial charge in [0.2, 0.25) is 0 Å². The Bertz CT molecular complexity index is 1880. The Hall–Kier alpha value is -5.14. The van der Waals surface area contributed by atoms with Gasteiger partial charge in [-0.3, -0.25) is 18.9 Å². The summed E-state index contributed by atoms with van der Waals surface area (Å²) in [4.78, 5) is 37.9. The molecular weight excluding hydrogens is 604 g/mol. The molecule has 2 fully saturated rings. The van der Waals surface area contributed by atoms with E-state index >= 15 is 0 Å². The van der Waals surface area contributed by atoms with Crippen LogP contribution in [0.3, 0.4) is 0 Å². The summed E-state index contributed by atoms with van der Waals surface area (Å²) in [6, 6.07) is 19.1. The molecule has 2 aromatic heterocycles.